The van der Waals surface area contributed by atoms with Crippen molar-refractivity contribution in [1.82, 2.24) is 15.0 Å². The maximum absolute atomic E-state index is 10.9. The molecule has 0 aliphatic heterocycles. The first-order valence-electron chi connectivity index (χ1n) is 5.47. The van der Waals surface area contributed by atoms with Crippen LogP contribution >= 0.6 is 0 Å². The highest BCUT2D eigenvalue weighted by Crippen LogP contribution is 2.25. The summed E-state index contributed by atoms with van der Waals surface area (Å²) in [7, 11) is 0. The standard InChI is InChI=1S/C11H10N6O2/c12-8-9-1-2-10(11(7-9)17(18)19)13-3-5-16-6-4-14-15-16/h1-2,4,6-7,13H,3,5H2. The van der Waals surface area contributed by atoms with E-state index in [0.717, 1.165) is 0 Å². The van der Waals surface area contributed by atoms with E-state index in [1.807, 2.05) is 6.07 Å². The predicted molar refractivity (Wildman–Crippen MR) is 66.3 cm³/mol. The Labute approximate surface area is 108 Å². The molecule has 1 aromatic carbocycles. The molecule has 0 aliphatic carbocycles. The molecule has 0 saturated heterocycles. The summed E-state index contributed by atoms with van der Waals surface area (Å²) in [6.45, 7) is 1.01. The van der Waals surface area contributed by atoms with Crippen molar-refractivity contribution in [3.05, 3.63) is 46.3 Å². The van der Waals surface area contributed by atoms with Gasteiger partial charge in [0.05, 0.1) is 29.3 Å². The third-order valence-electron chi connectivity index (χ3n) is 2.45. The molecule has 0 radical (unpaired) electrons. The van der Waals surface area contributed by atoms with Crippen molar-refractivity contribution in [2.45, 2.75) is 6.54 Å². The first-order chi connectivity index (χ1) is 9.20. The van der Waals surface area contributed by atoms with Gasteiger partial charge in [0.1, 0.15) is 5.69 Å². The van der Waals surface area contributed by atoms with Crippen LogP contribution in [0.3, 0.4) is 0 Å². The molecule has 0 amide bonds. The number of hydrogen-bond acceptors (Lipinski definition) is 6. The molecule has 8 heteroatoms. The molecular formula is C11H10N6O2. The Bertz CT molecular complexity index is 617. The van der Waals surface area contributed by atoms with Gasteiger partial charge in [0.25, 0.3) is 5.69 Å². The van der Waals surface area contributed by atoms with Crippen LogP contribution in [0.1, 0.15) is 5.56 Å². The van der Waals surface area contributed by atoms with Crippen LogP contribution < -0.4 is 5.32 Å². The fourth-order valence-electron chi connectivity index (χ4n) is 1.56. The van der Waals surface area contributed by atoms with Crippen LogP contribution in [0.5, 0.6) is 0 Å². The van der Waals surface area contributed by atoms with E-state index in [-0.39, 0.29) is 11.3 Å². The Kier molecular flexibility index (Phi) is 3.68. The van der Waals surface area contributed by atoms with Gasteiger partial charge in [0.2, 0.25) is 0 Å². The molecule has 0 saturated carbocycles. The fourth-order valence-corrected chi connectivity index (χ4v) is 1.56. The number of hydrogen-bond donors (Lipinski definition) is 1. The zero-order valence-electron chi connectivity index (χ0n) is 9.85. The summed E-state index contributed by atoms with van der Waals surface area (Å²) in [5.41, 5.74) is 0.523. The molecule has 1 aromatic heterocycles. The van der Waals surface area contributed by atoms with Gasteiger partial charge in [-0.25, -0.2) is 0 Å². The second kappa shape index (κ2) is 5.59. The second-order valence-electron chi connectivity index (χ2n) is 3.69. The number of aromatic nitrogens is 3. The molecule has 2 aromatic rings. The summed E-state index contributed by atoms with van der Waals surface area (Å²) >= 11 is 0. The van der Waals surface area contributed by atoms with Crippen molar-refractivity contribution in [3.8, 4) is 6.07 Å². The van der Waals surface area contributed by atoms with Crippen molar-refractivity contribution in [2.75, 3.05) is 11.9 Å². The highest BCUT2D eigenvalue weighted by molar-refractivity contribution is 5.63. The molecule has 1 heterocycles. The Morgan fingerprint density at radius 3 is 3.00 bits per heavy atom. The van der Waals surface area contributed by atoms with Gasteiger partial charge in [-0.1, -0.05) is 5.21 Å². The van der Waals surface area contributed by atoms with E-state index in [0.29, 0.717) is 18.8 Å². The SMILES string of the molecule is N#Cc1ccc(NCCn2ccnn2)c([N+](=O)[O-])c1. The van der Waals surface area contributed by atoms with Gasteiger partial charge in [0.15, 0.2) is 0 Å². The topological polar surface area (TPSA) is 110 Å². The predicted octanol–water partition coefficient (Wildman–Crippen LogP) is 1.17. The highest BCUT2D eigenvalue weighted by Gasteiger charge is 2.14. The lowest BCUT2D eigenvalue weighted by molar-refractivity contribution is -0.384. The van der Waals surface area contributed by atoms with Crippen LogP contribution in [-0.4, -0.2) is 26.5 Å². The molecule has 1 N–H and O–H groups in total. The maximum atomic E-state index is 10.9. The van der Waals surface area contributed by atoms with Gasteiger partial charge in [-0.05, 0) is 12.1 Å². The number of nitro groups is 1. The van der Waals surface area contributed by atoms with Gasteiger partial charge >= 0.3 is 0 Å². The van der Waals surface area contributed by atoms with Crippen LogP contribution in [0, 0.1) is 21.4 Å². The first-order valence-corrected chi connectivity index (χ1v) is 5.47. The number of nitrogens with zero attached hydrogens (tertiary/aromatic N) is 5. The molecule has 0 unspecified atom stereocenters. The van der Waals surface area contributed by atoms with Crippen LogP contribution in [0.15, 0.2) is 30.6 Å². The third kappa shape index (κ3) is 3.04. The smallest absolute Gasteiger partial charge is 0.293 e. The molecule has 0 bridgehead atoms. The number of benzene rings is 1. The van der Waals surface area contributed by atoms with Crippen LogP contribution in [0.25, 0.3) is 0 Å². The lowest BCUT2D eigenvalue weighted by Crippen LogP contribution is -2.12. The third-order valence-corrected chi connectivity index (χ3v) is 2.45. The molecule has 0 fully saturated rings. The van der Waals surface area contributed by atoms with E-state index in [2.05, 4.69) is 15.6 Å². The van der Waals surface area contributed by atoms with Crippen LogP contribution in [0.4, 0.5) is 11.4 Å². The molecular weight excluding hydrogens is 248 g/mol. The Morgan fingerprint density at radius 1 is 1.53 bits per heavy atom. The monoisotopic (exact) mass is 258 g/mol. The highest BCUT2D eigenvalue weighted by atomic mass is 16.6. The zero-order valence-corrected chi connectivity index (χ0v) is 9.85. The van der Waals surface area contributed by atoms with Crippen molar-refractivity contribution in [3.63, 3.8) is 0 Å². The molecule has 8 nitrogen and oxygen atoms in total. The van der Waals surface area contributed by atoms with Gasteiger partial charge in [0, 0.05) is 18.8 Å². The van der Waals surface area contributed by atoms with Crippen molar-refractivity contribution < 1.29 is 4.92 Å². The number of nitriles is 1. The molecule has 0 atom stereocenters. The minimum absolute atomic E-state index is 0.113. The van der Waals surface area contributed by atoms with Gasteiger partial charge in [-0.3, -0.25) is 14.8 Å². The van der Waals surface area contributed by atoms with E-state index >= 15 is 0 Å². The molecule has 2 rings (SSSR count). The van der Waals surface area contributed by atoms with Crippen molar-refractivity contribution in [2.24, 2.45) is 0 Å². The normalized spacial score (nSPS) is 9.84. The minimum Gasteiger partial charge on any atom is -0.378 e. The number of anilines is 1. The second-order valence-corrected chi connectivity index (χ2v) is 3.69. The maximum Gasteiger partial charge on any atom is 0.293 e. The van der Waals surface area contributed by atoms with E-state index in [4.69, 9.17) is 5.26 Å². The first kappa shape index (κ1) is 12.5. The average molecular weight is 258 g/mol. The summed E-state index contributed by atoms with van der Waals surface area (Å²) in [6, 6.07) is 6.18. The Balaban J connectivity index is 2.07. The number of nitro benzene ring substituents is 1. The Hall–Kier alpha value is -2.95. The fraction of sp³-hybridized carbons (Fsp3) is 0.182. The van der Waals surface area contributed by atoms with Gasteiger partial charge < -0.3 is 5.32 Å². The molecule has 0 spiro atoms. The number of rotatable bonds is 5. The largest absolute Gasteiger partial charge is 0.378 e. The van der Waals surface area contributed by atoms with Crippen LogP contribution in [-0.2, 0) is 6.54 Å². The van der Waals surface area contributed by atoms with Crippen molar-refractivity contribution in [1.29, 1.82) is 5.26 Å². The minimum atomic E-state index is -0.515. The summed E-state index contributed by atoms with van der Waals surface area (Å²) in [6.07, 6.45) is 3.26. The van der Waals surface area contributed by atoms with E-state index in [1.54, 1.807) is 17.1 Å². The van der Waals surface area contributed by atoms with Gasteiger partial charge in [-0.15, -0.1) is 5.10 Å². The summed E-state index contributed by atoms with van der Waals surface area (Å²) in [4.78, 5) is 10.4. The average Bonchev–Trinajstić information content (AvgIpc) is 2.92. The lowest BCUT2D eigenvalue weighted by Gasteiger charge is -2.07. The zero-order chi connectivity index (χ0) is 13.7. The summed E-state index contributed by atoms with van der Waals surface area (Å²) in [5, 5.41) is 30.0. The molecule has 0 aliphatic rings. The van der Waals surface area contributed by atoms with E-state index < -0.39 is 4.92 Å². The Morgan fingerprint density at radius 2 is 2.37 bits per heavy atom. The van der Waals surface area contributed by atoms with Crippen molar-refractivity contribution >= 4 is 11.4 Å². The molecule has 96 valence electrons. The summed E-state index contributed by atoms with van der Waals surface area (Å²) in [5.74, 6) is 0. The number of nitrogens with one attached hydrogen (secondary N) is 1. The quantitative estimate of drug-likeness (QED) is 0.636. The lowest BCUT2D eigenvalue weighted by atomic mass is 10.2. The molecule has 19 heavy (non-hydrogen) atoms. The van der Waals surface area contributed by atoms with E-state index in [1.165, 1.54) is 18.2 Å². The van der Waals surface area contributed by atoms with E-state index in [9.17, 15) is 10.1 Å². The van der Waals surface area contributed by atoms with Crippen LogP contribution in [0.2, 0.25) is 0 Å². The van der Waals surface area contributed by atoms with Gasteiger partial charge in [-0.2, -0.15) is 5.26 Å². The summed E-state index contributed by atoms with van der Waals surface area (Å²) < 4.78 is 1.61.